The van der Waals surface area contributed by atoms with E-state index in [9.17, 15) is 0 Å². The van der Waals surface area contributed by atoms with Gasteiger partial charge >= 0.3 is 0 Å². The second kappa shape index (κ2) is 5.98. The van der Waals surface area contributed by atoms with Crippen molar-refractivity contribution in [2.45, 2.75) is 51.1 Å². The summed E-state index contributed by atoms with van der Waals surface area (Å²) in [4.78, 5) is 5.23. The number of fused-ring (bicyclic) bond motifs is 1. The molecule has 0 spiro atoms. The minimum atomic E-state index is 0.169. The van der Waals surface area contributed by atoms with Crippen LogP contribution in [0.2, 0.25) is 0 Å². The zero-order chi connectivity index (χ0) is 14.9. The van der Waals surface area contributed by atoms with E-state index in [2.05, 4.69) is 47.9 Å². The van der Waals surface area contributed by atoms with Crippen LogP contribution in [-0.2, 0) is 6.42 Å². The van der Waals surface area contributed by atoms with Gasteiger partial charge in [-0.3, -0.25) is 0 Å². The number of rotatable bonds is 3. The van der Waals surface area contributed by atoms with Crippen molar-refractivity contribution in [2.75, 3.05) is 31.1 Å². The van der Waals surface area contributed by atoms with Crippen molar-refractivity contribution in [3.05, 3.63) is 29.8 Å². The number of aryl methyl sites for hydroxylation is 1. The van der Waals surface area contributed by atoms with Crippen LogP contribution >= 0.6 is 0 Å². The average molecular weight is 287 g/mol. The van der Waals surface area contributed by atoms with Crippen LogP contribution < -0.4 is 10.6 Å². The molecule has 116 valence electrons. The molecule has 0 unspecified atom stereocenters. The first-order chi connectivity index (χ1) is 10.2. The standard InChI is InChI=1S/C18H29N3/c1-15(2)20-12-9-18(14-19,10-13-20)21-11-5-7-16-6-3-4-8-17(16)21/h3-4,6,8,15H,5,7,9-14,19H2,1-2H3. The summed E-state index contributed by atoms with van der Waals surface area (Å²) in [5, 5.41) is 0. The Labute approximate surface area is 129 Å². The van der Waals surface area contributed by atoms with E-state index in [0.29, 0.717) is 6.04 Å². The van der Waals surface area contributed by atoms with E-state index in [1.807, 2.05) is 0 Å². The van der Waals surface area contributed by atoms with Crippen LogP contribution in [0.5, 0.6) is 0 Å². The fourth-order valence-electron chi connectivity index (χ4n) is 4.07. The van der Waals surface area contributed by atoms with Crippen molar-refractivity contribution >= 4 is 5.69 Å². The zero-order valence-electron chi connectivity index (χ0n) is 13.5. The molecule has 2 N–H and O–H groups in total. The minimum absolute atomic E-state index is 0.169. The third-order valence-corrected chi connectivity index (χ3v) is 5.52. The highest BCUT2D eigenvalue weighted by Gasteiger charge is 2.40. The molecule has 3 rings (SSSR count). The van der Waals surface area contributed by atoms with E-state index in [0.717, 1.165) is 13.1 Å². The summed E-state index contributed by atoms with van der Waals surface area (Å²) in [7, 11) is 0. The first-order valence-electron chi connectivity index (χ1n) is 8.46. The number of anilines is 1. The first kappa shape index (κ1) is 14.9. The third-order valence-electron chi connectivity index (χ3n) is 5.52. The second-order valence-electron chi connectivity index (χ2n) is 6.94. The molecule has 3 nitrogen and oxygen atoms in total. The topological polar surface area (TPSA) is 32.5 Å². The minimum Gasteiger partial charge on any atom is -0.364 e. The predicted octanol–water partition coefficient (Wildman–Crippen LogP) is 2.64. The molecule has 1 aromatic carbocycles. The van der Waals surface area contributed by atoms with E-state index in [4.69, 9.17) is 5.73 Å². The van der Waals surface area contributed by atoms with Crippen molar-refractivity contribution < 1.29 is 0 Å². The SMILES string of the molecule is CC(C)N1CCC(CN)(N2CCCc3ccccc32)CC1. The van der Waals surface area contributed by atoms with Crippen LogP contribution in [0.1, 0.15) is 38.7 Å². The molecule has 0 amide bonds. The van der Waals surface area contributed by atoms with Crippen molar-refractivity contribution in [2.24, 2.45) is 5.73 Å². The van der Waals surface area contributed by atoms with Gasteiger partial charge in [0.1, 0.15) is 0 Å². The molecule has 1 saturated heterocycles. The maximum atomic E-state index is 6.29. The van der Waals surface area contributed by atoms with Gasteiger partial charge in [-0.1, -0.05) is 18.2 Å². The Hall–Kier alpha value is -1.06. The molecule has 0 aromatic heterocycles. The van der Waals surface area contributed by atoms with Gasteiger partial charge in [-0.2, -0.15) is 0 Å². The lowest BCUT2D eigenvalue weighted by molar-refractivity contribution is 0.128. The first-order valence-corrected chi connectivity index (χ1v) is 8.46. The lowest BCUT2D eigenvalue weighted by Crippen LogP contribution is -2.61. The Kier molecular flexibility index (Phi) is 4.23. The molecular weight excluding hydrogens is 258 g/mol. The molecule has 0 atom stereocenters. The molecule has 0 aliphatic carbocycles. The number of likely N-dealkylation sites (tertiary alicyclic amines) is 1. The van der Waals surface area contributed by atoms with E-state index in [1.54, 1.807) is 0 Å². The second-order valence-corrected chi connectivity index (χ2v) is 6.94. The molecule has 0 bridgehead atoms. The molecule has 21 heavy (non-hydrogen) atoms. The van der Waals surface area contributed by atoms with Crippen LogP contribution in [-0.4, -0.2) is 42.7 Å². The Morgan fingerprint density at radius 3 is 2.52 bits per heavy atom. The van der Waals surface area contributed by atoms with Gasteiger partial charge in [0.05, 0.1) is 5.54 Å². The van der Waals surface area contributed by atoms with Crippen molar-refractivity contribution in [3.8, 4) is 0 Å². The van der Waals surface area contributed by atoms with E-state index in [1.165, 1.54) is 50.0 Å². The third kappa shape index (κ3) is 2.69. The Bertz CT molecular complexity index is 475. The average Bonchev–Trinajstić information content (AvgIpc) is 2.54. The lowest BCUT2D eigenvalue weighted by atomic mass is 9.82. The van der Waals surface area contributed by atoms with Gasteiger partial charge < -0.3 is 15.5 Å². The van der Waals surface area contributed by atoms with Gasteiger partial charge in [-0.15, -0.1) is 0 Å². The van der Waals surface area contributed by atoms with Gasteiger partial charge in [-0.05, 0) is 51.2 Å². The molecule has 2 heterocycles. The maximum Gasteiger partial charge on any atom is 0.0548 e. The molecule has 1 fully saturated rings. The summed E-state index contributed by atoms with van der Waals surface area (Å²) in [6.45, 7) is 8.88. The van der Waals surface area contributed by atoms with Gasteiger partial charge in [0, 0.05) is 37.9 Å². The highest BCUT2D eigenvalue weighted by molar-refractivity contribution is 5.57. The van der Waals surface area contributed by atoms with E-state index in [-0.39, 0.29) is 5.54 Å². The monoisotopic (exact) mass is 287 g/mol. The highest BCUT2D eigenvalue weighted by atomic mass is 15.3. The number of benzene rings is 1. The highest BCUT2D eigenvalue weighted by Crippen LogP contribution is 2.37. The number of hydrogen-bond donors (Lipinski definition) is 1. The summed E-state index contributed by atoms with van der Waals surface area (Å²) >= 11 is 0. The normalized spacial score (nSPS) is 22.4. The zero-order valence-corrected chi connectivity index (χ0v) is 13.5. The van der Waals surface area contributed by atoms with Crippen molar-refractivity contribution in [3.63, 3.8) is 0 Å². The van der Waals surface area contributed by atoms with Crippen molar-refractivity contribution in [1.29, 1.82) is 0 Å². The number of hydrogen-bond acceptors (Lipinski definition) is 3. The molecule has 0 saturated carbocycles. The summed E-state index contributed by atoms with van der Waals surface area (Å²) < 4.78 is 0. The fraction of sp³-hybridized carbons (Fsp3) is 0.667. The van der Waals surface area contributed by atoms with Crippen LogP contribution in [0.3, 0.4) is 0 Å². The molecule has 2 aliphatic heterocycles. The van der Waals surface area contributed by atoms with E-state index < -0.39 is 0 Å². The maximum absolute atomic E-state index is 6.29. The summed E-state index contributed by atoms with van der Waals surface area (Å²) in [6.07, 6.45) is 4.85. The van der Waals surface area contributed by atoms with Gasteiger partial charge in [0.2, 0.25) is 0 Å². The lowest BCUT2D eigenvalue weighted by Gasteiger charge is -2.52. The molecule has 3 heteroatoms. The largest absolute Gasteiger partial charge is 0.364 e. The Morgan fingerprint density at radius 1 is 1.14 bits per heavy atom. The summed E-state index contributed by atoms with van der Waals surface area (Å²) in [5.74, 6) is 0. The van der Waals surface area contributed by atoms with E-state index >= 15 is 0 Å². The quantitative estimate of drug-likeness (QED) is 0.927. The van der Waals surface area contributed by atoms with Gasteiger partial charge in [0.25, 0.3) is 0 Å². The van der Waals surface area contributed by atoms with Crippen LogP contribution in [0, 0.1) is 0 Å². The van der Waals surface area contributed by atoms with Crippen molar-refractivity contribution in [1.82, 2.24) is 4.90 Å². The molecule has 1 aromatic rings. The Morgan fingerprint density at radius 2 is 1.86 bits per heavy atom. The number of piperidine rings is 1. The van der Waals surface area contributed by atoms with Crippen LogP contribution in [0.15, 0.2) is 24.3 Å². The molecule has 2 aliphatic rings. The summed E-state index contributed by atoms with van der Waals surface area (Å²) in [5.41, 5.74) is 9.40. The number of para-hydroxylation sites is 1. The molecule has 0 radical (unpaired) electrons. The smallest absolute Gasteiger partial charge is 0.0548 e. The predicted molar refractivity (Wildman–Crippen MR) is 89.8 cm³/mol. The van der Waals surface area contributed by atoms with Crippen LogP contribution in [0.4, 0.5) is 5.69 Å². The molecular formula is C18H29N3. The van der Waals surface area contributed by atoms with Gasteiger partial charge in [-0.25, -0.2) is 0 Å². The van der Waals surface area contributed by atoms with Gasteiger partial charge in [0.15, 0.2) is 0 Å². The Balaban J connectivity index is 1.85. The number of nitrogens with two attached hydrogens (primary N) is 1. The number of nitrogens with zero attached hydrogens (tertiary/aromatic N) is 2. The van der Waals surface area contributed by atoms with Crippen LogP contribution in [0.25, 0.3) is 0 Å². The fourth-order valence-corrected chi connectivity index (χ4v) is 4.07. The summed E-state index contributed by atoms with van der Waals surface area (Å²) in [6, 6.07) is 9.56.